The minimum atomic E-state index is -0.216. The zero-order chi connectivity index (χ0) is 14.8. The molecule has 0 spiro atoms. The molecule has 0 unspecified atom stereocenters. The van der Waals surface area contributed by atoms with E-state index in [-0.39, 0.29) is 5.91 Å². The maximum atomic E-state index is 12.3. The zero-order valence-corrected chi connectivity index (χ0v) is 12.2. The van der Waals surface area contributed by atoms with Gasteiger partial charge < -0.3 is 5.32 Å². The predicted molar refractivity (Wildman–Crippen MR) is 83.5 cm³/mol. The SMILES string of the molecule is Cc1ccc2[nH]nc(C(=O)NCc3ccccc3Cl)c2c1. The van der Waals surface area contributed by atoms with Crippen LogP contribution in [0.1, 0.15) is 21.6 Å². The van der Waals surface area contributed by atoms with Crippen molar-refractivity contribution in [1.29, 1.82) is 0 Å². The summed E-state index contributed by atoms with van der Waals surface area (Å²) in [5.41, 5.74) is 3.22. The number of nitrogens with zero attached hydrogens (tertiary/aromatic N) is 1. The third-order valence-electron chi connectivity index (χ3n) is 3.33. The molecule has 1 aromatic heterocycles. The molecule has 2 N–H and O–H groups in total. The van der Waals surface area contributed by atoms with Gasteiger partial charge in [0.25, 0.3) is 5.91 Å². The number of halogens is 1. The number of carbonyl (C=O) groups is 1. The van der Waals surface area contributed by atoms with Crippen LogP contribution in [0.15, 0.2) is 42.5 Å². The number of nitrogens with one attached hydrogen (secondary N) is 2. The highest BCUT2D eigenvalue weighted by Crippen LogP contribution is 2.18. The number of hydrogen-bond acceptors (Lipinski definition) is 2. The van der Waals surface area contributed by atoms with Crippen molar-refractivity contribution in [1.82, 2.24) is 15.5 Å². The van der Waals surface area contributed by atoms with Crippen molar-refractivity contribution in [2.45, 2.75) is 13.5 Å². The van der Waals surface area contributed by atoms with Crippen LogP contribution in [0.3, 0.4) is 0 Å². The summed E-state index contributed by atoms with van der Waals surface area (Å²) < 4.78 is 0. The highest BCUT2D eigenvalue weighted by Gasteiger charge is 2.14. The molecule has 0 radical (unpaired) electrons. The molecule has 0 aliphatic carbocycles. The topological polar surface area (TPSA) is 57.8 Å². The van der Waals surface area contributed by atoms with Gasteiger partial charge in [0.2, 0.25) is 0 Å². The van der Waals surface area contributed by atoms with E-state index in [4.69, 9.17) is 11.6 Å². The normalized spacial score (nSPS) is 10.8. The Hall–Kier alpha value is -2.33. The second kappa shape index (κ2) is 5.58. The average molecular weight is 300 g/mol. The number of benzene rings is 2. The predicted octanol–water partition coefficient (Wildman–Crippen LogP) is 3.45. The molecule has 0 fully saturated rings. The molecule has 1 amide bonds. The van der Waals surface area contributed by atoms with Gasteiger partial charge in [-0.2, -0.15) is 5.10 Å². The summed E-state index contributed by atoms with van der Waals surface area (Å²) in [6.07, 6.45) is 0. The standard InChI is InChI=1S/C16H14ClN3O/c1-10-6-7-14-12(8-10)15(20-19-14)16(21)18-9-11-4-2-3-5-13(11)17/h2-8H,9H2,1H3,(H,18,21)(H,19,20). The molecule has 0 bridgehead atoms. The number of carbonyl (C=O) groups excluding carboxylic acids is 1. The second-order valence-corrected chi connectivity index (χ2v) is 5.30. The molecule has 0 aliphatic heterocycles. The van der Waals surface area contributed by atoms with E-state index in [9.17, 15) is 4.79 Å². The molecular weight excluding hydrogens is 286 g/mol. The van der Waals surface area contributed by atoms with Crippen molar-refractivity contribution in [2.75, 3.05) is 0 Å². The van der Waals surface area contributed by atoms with Crippen LogP contribution in [-0.4, -0.2) is 16.1 Å². The highest BCUT2D eigenvalue weighted by molar-refractivity contribution is 6.31. The zero-order valence-electron chi connectivity index (χ0n) is 11.5. The molecule has 0 atom stereocenters. The van der Waals surface area contributed by atoms with Gasteiger partial charge in [-0.05, 0) is 30.7 Å². The van der Waals surface area contributed by atoms with Crippen LogP contribution in [0.5, 0.6) is 0 Å². The summed E-state index contributed by atoms with van der Waals surface area (Å²) in [6.45, 7) is 2.36. The van der Waals surface area contributed by atoms with Gasteiger partial charge >= 0.3 is 0 Å². The number of hydrogen-bond donors (Lipinski definition) is 2. The first-order valence-electron chi connectivity index (χ1n) is 6.61. The number of amides is 1. The average Bonchev–Trinajstić information content (AvgIpc) is 2.89. The van der Waals surface area contributed by atoms with E-state index >= 15 is 0 Å². The summed E-state index contributed by atoms with van der Waals surface area (Å²) >= 11 is 6.08. The van der Waals surface area contributed by atoms with Gasteiger partial charge in [0.1, 0.15) is 0 Å². The molecule has 4 nitrogen and oxygen atoms in total. The lowest BCUT2D eigenvalue weighted by atomic mass is 10.1. The van der Waals surface area contributed by atoms with Crippen LogP contribution in [0, 0.1) is 6.92 Å². The first kappa shape index (κ1) is 13.6. The van der Waals surface area contributed by atoms with Crippen molar-refractivity contribution < 1.29 is 4.79 Å². The fourth-order valence-electron chi connectivity index (χ4n) is 2.20. The molecule has 5 heteroatoms. The molecule has 0 aliphatic rings. The van der Waals surface area contributed by atoms with E-state index in [1.54, 1.807) is 6.07 Å². The van der Waals surface area contributed by atoms with Crippen molar-refractivity contribution in [3.05, 3.63) is 64.3 Å². The third-order valence-corrected chi connectivity index (χ3v) is 3.70. The fourth-order valence-corrected chi connectivity index (χ4v) is 2.40. The lowest BCUT2D eigenvalue weighted by molar-refractivity contribution is 0.0947. The van der Waals surface area contributed by atoms with Crippen LogP contribution in [0.4, 0.5) is 0 Å². The van der Waals surface area contributed by atoms with Crippen LogP contribution in [0.2, 0.25) is 5.02 Å². The molecule has 106 valence electrons. The molecule has 2 aromatic carbocycles. The minimum absolute atomic E-state index is 0.216. The number of rotatable bonds is 3. The number of fused-ring (bicyclic) bond motifs is 1. The minimum Gasteiger partial charge on any atom is -0.346 e. The Bertz CT molecular complexity index is 810. The Kier molecular flexibility index (Phi) is 3.62. The Morgan fingerprint density at radius 1 is 1.29 bits per heavy atom. The summed E-state index contributed by atoms with van der Waals surface area (Å²) in [5, 5.41) is 11.3. The largest absolute Gasteiger partial charge is 0.346 e. The van der Waals surface area contributed by atoms with Gasteiger partial charge in [0.05, 0.1) is 5.52 Å². The Labute approximate surface area is 127 Å². The van der Waals surface area contributed by atoms with Crippen molar-refractivity contribution in [3.8, 4) is 0 Å². The monoisotopic (exact) mass is 299 g/mol. The Morgan fingerprint density at radius 2 is 2.10 bits per heavy atom. The molecule has 0 saturated carbocycles. The van der Waals surface area contributed by atoms with Crippen molar-refractivity contribution in [3.63, 3.8) is 0 Å². The van der Waals surface area contributed by atoms with E-state index < -0.39 is 0 Å². The number of aryl methyl sites for hydroxylation is 1. The highest BCUT2D eigenvalue weighted by atomic mass is 35.5. The molecule has 21 heavy (non-hydrogen) atoms. The lowest BCUT2D eigenvalue weighted by Crippen LogP contribution is -2.23. The van der Waals surface area contributed by atoms with Crippen molar-refractivity contribution >= 4 is 28.4 Å². The molecule has 0 saturated heterocycles. The number of aromatic nitrogens is 2. The van der Waals surface area contributed by atoms with Gasteiger partial charge in [-0.25, -0.2) is 0 Å². The van der Waals surface area contributed by atoms with Crippen LogP contribution >= 0.6 is 11.6 Å². The van der Waals surface area contributed by atoms with Gasteiger partial charge in [-0.15, -0.1) is 0 Å². The summed E-state index contributed by atoms with van der Waals surface area (Å²) in [7, 11) is 0. The summed E-state index contributed by atoms with van der Waals surface area (Å²) in [5.74, 6) is -0.216. The van der Waals surface area contributed by atoms with Gasteiger partial charge in [-0.1, -0.05) is 41.4 Å². The van der Waals surface area contributed by atoms with E-state index in [1.807, 2.05) is 43.3 Å². The van der Waals surface area contributed by atoms with Gasteiger partial charge in [-0.3, -0.25) is 9.89 Å². The van der Waals surface area contributed by atoms with Crippen LogP contribution in [-0.2, 0) is 6.54 Å². The quantitative estimate of drug-likeness (QED) is 0.778. The van der Waals surface area contributed by atoms with E-state index in [2.05, 4.69) is 15.5 Å². The Balaban J connectivity index is 1.81. The van der Waals surface area contributed by atoms with Gasteiger partial charge in [0, 0.05) is 17.0 Å². The molecule has 3 aromatic rings. The third kappa shape index (κ3) is 2.76. The lowest BCUT2D eigenvalue weighted by Gasteiger charge is -2.05. The molecule has 1 heterocycles. The summed E-state index contributed by atoms with van der Waals surface area (Å²) in [4.78, 5) is 12.3. The molecular formula is C16H14ClN3O. The first-order chi connectivity index (χ1) is 10.1. The maximum Gasteiger partial charge on any atom is 0.272 e. The smallest absolute Gasteiger partial charge is 0.272 e. The van der Waals surface area contributed by atoms with E-state index in [0.717, 1.165) is 22.0 Å². The van der Waals surface area contributed by atoms with Crippen LogP contribution < -0.4 is 5.32 Å². The van der Waals surface area contributed by atoms with E-state index in [0.29, 0.717) is 17.3 Å². The fraction of sp³-hybridized carbons (Fsp3) is 0.125. The number of aromatic amines is 1. The second-order valence-electron chi connectivity index (χ2n) is 4.90. The van der Waals surface area contributed by atoms with E-state index in [1.165, 1.54) is 0 Å². The number of H-pyrrole nitrogens is 1. The first-order valence-corrected chi connectivity index (χ1v) is 6.99. The summed E-state index contributed by atoms with van der Waals surface area (Å²) in [6, 6.07) is 13.3. The molecule has 3 rings (SSSR count). The van der Waals surface area contributed by atoms with Crippen LogP contribution in [0.25, 0.3) is 10.9 Å². The maximum absolute atomic E-state index is 12.3. The Morgan fingerprint density at radius 3 is 2.90 bits per heavy atom. The van der Waals surface area contributed by atoms with Gasteiger partial charge in [0.15, 0.2) is 5.69 Å². The van der Waals surface area contributed by atoms with Crippen molar-refractivity contribution in [2.24, 2.45) is 0 Å².